The van der Waals surface area contributed by atoms with E-state index in [0.717, 1.165) is 5.39 Å². The van der Waals surface area contributed by atoms with Crippen LogP contribution in [0.3, 0.4) is 0 Å². The molecule has 0 aliphatic rings. The lowest BCUT2D eigenvalue weighted by atomic mass is 10.3. The molecule has 0 fully saturated rings. The van der Waals surface area contributed by atoms with E-state index in [9.17, 15) is 4.39 Å². The predicted octanol–water partition coefficient (Wildman–Crippen LogP) is 3.20. The van der Waals surface area contributed by atoms with Crippen molar-refractivity contribution in [1.82, 2.24) is 4.37 Å². The van der Waals surface area contributed by atoms with E-state index < -0.39 is 0 Å². The van der Waals surface area contributed by atoms with Gasteiger partial charge in [0.15, 0.2) is 5.82 Å². The van der Waals surface area contributed by atoms with Crippen LogP contribution >= 0.6 is 27.5 Å². The minimum absolute atomic E-state index is 0.218. The molecule has 0 spiro atoms. The first-order chi connectivity index (χ1) is 5.29. The Morgan fingerprint density at radius 3 is 3.09 bits per heavy atom. The first kappa shape index (κ1) is 7.18. The summed E-state index contributed by atoms with van der Waals surface area (Å²) in [5.74, 6) is -0.218. The van der Waals surface area contributed by atoms with Gasteiger partial charge in [-0.2, -0.15) is 4.37 Å². The fourth-order valence-corrected chi connectivity index (χ4v) is 2.03. The number of aromatic nitrogens is 1. The van der Waals surface area contributed by atoms with Gasteiger partial charge in [-0.05, 0) is 33.5 Å². The third-order valence-corrected chi connectivity index (χ3v) is 2.84. The first-order valence-electron chi connectivity index (χ1n) is 2.97. The van der Waals surface area contributed by atoms with Crippen molar-refractivity contribution in [2.75, 3.05) is 0 Å². The van der Waals surface area contributed by atoms with E-state index >= 15 is 0 Å². The maximum atomic E-state index is 13.2. The molecule has 1 aromatic carbocycles. The van der Waals surface area contributed by atoms with Crippen molar-refractivity contribution in [3.05, 3.63) is 28.6 Å². The highest BCUT2D eigenvalue weighted by Gasteiger charge is 2.05. The van der Waals surface area contributed by atoms with E-state index in [1.54, 1.807) is 12.3 Å². The number of nitrogens with zero attached hydrogens (tertiary/aromatic N) is 1. The predicted molar refractivity (Wildman–Crippen MR) is 47.3 cm³/mol. The highest BCUT2D eigenvalue weighted by atomic mass is 79.9. The smallest absolute Gasteiger partial charge is 0.156 e. The fourth-order valence-electron chi connectivity index (χ4n) is 0.877. The molecule has 0 unspecified atom stereocenters. The van der Waals surface area contributed by atoms with Gasteiger partial charge in [0.25, 0.3) is 0 Å². The number of benzene rings is 1. The van der Waals surface area contributed by atoms with Gasteiger partial charge >= 0.3 is 0 Å². The van der Waals surface area contributed by atoms with Gasteiger partial charge in [0.1, 0.15) is 0 Å². The Morgan fingerprint density at radius 2 is 2.27 bits per heavy atom. The summed E-state index contributed by atoms with van der Waals surface area (Å²) in [6.45, 7) is 0. The SMILES string of the molecule is Fc1c(Br)ccc2cnsc12. The number of halogens is 2. The van der Waals surface area contributed by atoms with Crippen LogP contribution in [0.2, 0.25) is 0 Å². The maximum absolute atomic E-state index is 13.2. The topological polar surface area (TPSA) is 12.9 Å². The number of fused-ring (bicyclic) bond motifs is 1. The lowest BCUT2D eigenvalue weighted by Gasteiger charge is -1.92. The summed E-state index contributed by atoms with van der Waals surface area (Å²) in [7, 11) is 0. The summed E-state index contributed by atoms with van der Waals surface area (Å²) in [5, 5.41) is 0.857. The normalized spacial score (nSPS) is 10.7. The second-order valence-corrected chi connectivity index (χ2v) is 3.76. The molecule has 56 valence electrons. The Bertz CT molecular complexity index is 398. The molecule has 0 aliphatic heterocycles. The van der Waals surface area contributed by atoms with E-state index in [0.29, 0.717) is 9.17 Å². The van der Waals surface area contributed by atoms with Crippen LogP contribution in [0.5, 0.6) is 0 Å². The van der Waals surface area contributed by atoms with Gasteiger partial charge in [-0.25, -0.2) is 4.39 Å². The van der Waals surface area contributed by atoms with Gasteiger partial charge < -0.3 is 0 Å². The van der Waals surface area contributed by atoms with E-state index in [1.165, 1.54) is 11.5 Å². The van der Waals surface area contributed by atoms with Gasteiger partial charge in [0, 0.05) is 11.6 Å². The average Bonchev–Trinajstić information content (AvgIpc) is 2.45. The van der Waals surface area contributed by atoms with E-state index in [-0.39, 0.29) is 5.82 Å². The number of hydrogen-bond acceptors (Lipinski definition) is 2. The maximum Gasteiger partial charge on any atom is 0.156 e. The van der Waals surface area contributed by atoms with Crippen molar-refractivity contribution in [3.63, 3.8) is 0 Å². The van der Waals surface area contributed by atoms with Crippen LogP contribution < -0.4 is 0 Å². The lowest BCUT2D eigenvalue weighted by molar-refractivity contribution is 0.635. The van der Waals surface area contributed by atoms with E-state index in [1.807, 2.05) is 6.07 Å². The highest BCUT2D eigenvalue weighted by molar-refractivity contribution is 9.10. The minimum Gasteiger partial charge on any atom is -0.204 e. The Labute approximate surface area is 75.1 Å². The van der Waals surface area contributed by atoms with Crippen LogP contribution in [0.4, 0.5) is 4.39 Å². The quantitative estimate of drug-likeness (QED) is 0.679. The zero-order chi connectivity index (χ0) is 7.84. The molecular formula is C7H3BrFNS. The summed E-state index contributed by atoms with van der Waals surface area (Å²) in [6.07, 6.45) is 1.66. The van der Waals surface area contributed by atoms with Crippen LogP contribution in [0.15, 0.2) is 22.8 Å². The molecule has 0 aliphatic carbocycles. The largest absolute Gasteiger partial charge is 0.204 e. The zero-order valence-electron chi connectivity index (χ0n) is 5.34. The van der Waals surface area contributed by atoms with Crippen molar-refractivity contribution in [3.8, 4) is 0 Å². The Morgan fingerprint density at radius 1 is 1.45 bits per heavy atom. The van der Waals surface area contributed by atoms with Gasteiger partial charge in [-0.1, -0.05) is 6.07 Å². The molecule has 0 bridgehead atoms. The molecule has 11 heavy (non-hydrogen) atoms. The number of rotatable bonds is 0. The molecule has 1 nitrogen and oxygen atoms in total. The molecule has 1 aromatic heterocycles. The van der Waals surface area contributed by atoms with Gasteiger partial charge in [0.2, 0.25) is 0 Å². The van der Waals surface area contributed by atoms with Crippen molar-refractivity contribution in [1.29, 1.82) is 0 Å². The second-order valence-electron chi connectivity index (χ2n) is 2.11. The number of hydrogen-bond donors (Lipinski definition) is 0. The van der Waals surface area contributed by atoms with Crippen molar-refractivity contribution >= 4 is 37.5 Å². The highest BCUT2D eigenvalue weighted by Crippen LogP contribution is 2.26. The molecule has 4 heteroatoms. The van der Waals surface area contributed by atoms with Crippen LogP contribution in [0.1, 0.15) is 0 Å². The molecule has 0 saturated carbocycles. The van der Waals surface area contributed by atoms with Gasteiger partial charge in [-0.3, -0.25) is 0 Å². The van der Waals surface area contributed by atoms with Crippen LogP contribution in [0.25, 0.3) is 10.1 Å². The third kappa shape index (κ3) is 1.06. The van der Waals surface area contributed by atoms with Gasteiger partial charge in [-0.15, -0.1) is 0 Å². The molecule has 0 radical (unpaired) electrons. The summed E-state index contributed by atoms with van der Waals surface area (Å²) < 4.78 is 18.1. The molecule has 2 aromatic rings. The van der Waals surface area contributed by atoms with Crippen molar-refractivity contribution in [2.24, 2.45) is 0 Å². The Kier molecular flexibility index (Phi) is 1.65. The first-order valence-corrected chi connectivity index (χ1v) is 4.54. The fraction of sp³-hybridized carbons (Fsp3) is 0. The van der Waals surface area contributed by atoms with Gasteiger partial charge in [0.05, 0.1) is 9.17 Å². The summed E-state index contributed by atoms with van der Waals surface area (Å²) >= 11 is 4.28. The minimum atomic E-state index is -0.218. The molecule has 0 amide bonds. The average molecular weight is 232 g/mol. The van der Waals surface area contributed by atoms with Crippen molar-refractivity contribution in [2.45, 2.75) is 0 Å². The third-order valence-electron chi connectivity index (χ3n) is 1.42. The monoisotopic (exact) mass is 231 g/mol. The Hall–Kier alpha value is -0.480. The molecule has 2 rings (SSSR count). The summed E-state index contributed by atoms with van der Waals surface area (Å²) in [5.41, 5.74) is 0. The summed E-state index contributed by atoms with van der Waals surface area (Å²) in [6, 6.07) is 3.53. The second kappa shape index (κ2) is 2.53. The molecule has 0 atom stereocenters. The van der Waals surface area contributed by atoms with E-state index in [4.69, 9.17) is 0 Å². The van der Waals surface area contributed by atoms with Crippen molar-refractivity contribution < 1.29 is 4.39 Å². The van der Waals surface area contributed by atoms with Crippen LogP contribution in [0, 0.1) is 5.82 Å². The molecule has 0 N–H and O–H groups in total. The lowest BCUT2D eigenvalue weighted by Crippen LogP contribution is -1.74. The van der Waals surface area contributed by atoms with Crippen LogP contribution in [-0.4, -0.2) is 4.37 Å². The standard InChI is InChI=1S/C7H3BrFNS/c8-5-2-1-4-3-10-11-7(4)6(5)9/h1-3H. The van der Waals surface area contributed by atoms with E-state index in [2.05, 4.69) is 20.3 Å². The van der Waals surface area contributed by atoms with Crippen LogP contribution in [-0.2, 0) is 0 Å². The molecule has 0 saturated heterocycles. The zero-order valence-corrected chi connectivity index (χ0v) is 7.75. The summed E-state index contributed by atoms with van der Waals surface area (Å²) in [4.78, 5) is 0. The molecular weight excluding hydrogens is 229 g/mol. The Balaban J connectivity index is 2.93. The molecule has 1 heterocycles.